The van der Waals surface area contributed by atoms with Crippen molar-refractivity contribution in [3.05, 3.63) is 0 Å². The van der Waals surface area contributed by atoms with E-state index in [0.29, 0.717) is 25.5 Å². The van der Waals surface area contributed by atoms with Gasteiger partial charge in [-0.05, 0) is 18.9 Å². The van der Waals surface area contributed by atoms with Crippen LogP contribution in [-0.2, 0) is 4.74 Å². The van der Waals surface area contributed by atoms with Gasteiger partial charge in [0.25, 0.3) is 0 Å². The third-order valence-corrected chi connectivity index (χ3v) is 1.59. The van der Waals surface area contributed by atoms with E-state index in [4.69, 9.17) is 4.74 Å². The van der Waals surface area contributed by atoms with Crippen LogP contribution in [0.3, 0.4) is 0 Å². The molecule has 1 atom stereocenters. The molecule has 1 unspecified atom stereocenters. The van der Waals surface area contributed by atoms with Gasteiger partial charge in [-0.15, -0.1) is 0 Å². The van der Waals surface area contributed by atoms with Crippen LogP contribution in [0.2, 0.25) is 0 Å². The molecule has 0 saturated carbocycles. The van der Waals surface area contributed by atoms with Crippen LogP contribution in [0.15, 0.2) is 0 Å². The van der Waals surface area contributed by atoms with E-state index in [9.17, 15) is 13.2 Å². The molecule has 0 aliphatic heterocycles. The molecule has 0 saturated heterocycles. The van der Waals surface area contributed by atoms with E-state index in [1.54, 1.807) is 7.11 Å². The fourth-order valence-electron chi connectivity index (χ4n) is 0.946. The summed E-state index contributed by atoms with van der Waals surface area (Å²) in [5, 5.41) is 2.33. The van der Waals surface area contributed by atoms with Gasteiger partial charge in [0.1, 0.15) is 0 Å². The lowest BCUT2D eigenvalue weighted by atomic mass is 10.1. The number of hydrogen-bond donors (Lipinski definition) is 1. The van der Waals surface area contributed by atoms with Crippen LogP contribution in [-0.4, -0.2) is 33.0 Å². The molecule has 0 aliphatic rings. The van der Waals surface area contributed by atoms with Crippen molar-refractivity contribution in [3.8, 4) is 0 Å². The van der Waals surface area contributed by atoms with Crippen molar-refractivity contribution in [2.45, 2.75) is 19.5 Å². The summed E-state index contributed by atoms with van der Waals surface area (Å²) < 4.78 is 39.8. The van der Waals surface area contributed by atoms with E-state index in [1.165, 1.54) is 0 Å². The number of rotatable bonds is 6. The van der Waals surface area contributed by atoms with Crippen molar-refractivity contribution in [2.24, 2.45) is 5.92 Å². The average molecular weight is 199 g/mol. The lowest BCUT2D eigenvalue weighted by molar-refractivity contribution is -0.124. The molecular formula is C8H16F3NO. The third kappa shape index (κ3) is 9.63. The van der Waals surface area contributed by atoms with E-state index in [1.807, 2.05) is 6.92 Å². The fourth-order valence-corrected chi connectivity index (χ4v) is 0.946. The quantitative estimate of drug-likeness (QED) is 0.659. The zero-order chi connectivity index (χ0) is 10.3. The fraction of sp³-hybridized carbons (Fsp3) is 1.00. The molecule has 80 valence electrons. The molecule has 0 radical (unpaired) electrons. The van der Waals surface area contributed by atoms with E-state index in [-0.39, 0.29) is 0 Å². The summed E-state index contributed by atoms with van der Waals surface area (Å²) in [6.45, 7) is 2.00. The van der Waals surface area contributed by atoms with Gasteiger partial charge in [0.2, 0.25) is 0 Å². The van der Waals surface area contributed by atoms with Gasteiger partial charge in [-0.25, -0.2) is 0 Å². The minimum atomic E-state index is -4.11. The Kier molecular flexibility index (Phi) is 6.07. The number of alkyl halides is 3. The van der Waals surface area contributed by atoms with Crippen molar-refractivity contribution in [1.82, 2.24) is 5.32 Å². The molecule has 13 heavy (non-hydrogen) atoms. The highest BCUT2D eigenvalue weighted by molar-refractivity contribution is 4.58. The molecule has 1 N–H and O–H groups in total. The van der Waals surface area contributed by atoms with Crippen molar-refractivity contribution in [1.29, 1.82) is 0 Å². The predicted molar refractivity (Wildman–Crippen MR) is 44.6 cm³/mol. The normalized spacial score (nSPS) is 14.5. The highest BCUT2D eigenvalue weighted by Crippen LogP contribution is 2.12. The molecule has 0 aromatic carbocycles. The highest BCUT2D eigenvalue weighted by atomic mass is 19.4. The van der Waals surface area contributed by atoms with Crippen molar-refractivity contribution >= 4 is 0 Å². The van der Waals surface area contributed by atoms with Crippen molar-refractivity contribution in [3.63, 3.8) is 0 Å². The van der Waals surface area contributed by atoms with Crippen LogP contribution in [0, 0.1) is 5.92 Å². The van der Waals surface area contributed by atoms with Gasteiger partial charge in [-0.1, -0.05) is 6.92 Å². The molecule has 2 nitrogen and oxygen atoms in total. The number of halogens is 3. The molecule has 0 rings (SSSR count). The SMILES string of the molecule is COCC(C)CCNCC(F)(F)F. The minimum Gasteiger partial charge on any atom is -0.384 e. The molecule has 0 spiro atoms. The van der Waals surface area contributed by atoms with E-state index in [0.717, 1.165) is 0 Å². The summed E-state index contributed by atoms with van der Waals surface area (Å²) >= 11 is 0. The maximum atomic E-state index is 11.6. The summed E-state index contributed by atoms with van der Waals surface area (Å²) in [6.07, 6.45) is -3.41. The van der Waals surface area contributed by atoms with Crippen LogP contribution in [0.5, 0.6) is 0 Å². The minimum absolute atomic E-state index is 0.297. The van der Waals surface area contributed by atoms with E-state index in [2.05, 4.69) is 5.32 Å². The third-order valence-electron chi connectivity index (χ3n) is 1.59. The summed E-state index contributed by atoms with van der Waals surface area (Å²) in [7, 11) is 1.58. The second-order valence-electron chi connectivity index (χ2n) is 3.14. The van der Waals surface area contributed by atoms with Crippen LogP contribution in [0.25, 0.3) is 0 Å². The van der Waals surface area contributed by atoms with Crippen LogP contribution >= 0.6 is 0 Å². The first kappa shape index (κ1) is 12.7. The topological polar surface area (TPSA) is 21.3 Å². The standard InChI is InChI=1S/C8H16F3NO/c1-7(5-13-2)3-4-12-6-8(9,10)11/h7,12H,3-6H2,1-2H3. The molecule has 0 fully saturated rings. The van der Waals surface area contributed by atoms with Crippen LogP contribution < -0.4 is 5.32 Å². The molecule has 0 heterocycles. The monoisotopic (exact) mass is 199 g/mol. The van der Waals surface area contributed by atoms with Gasteiger partial charge in [0, 0.05) is 13.7 Å². The predicted octanol–water partition coefficient (Wildman–Crippen LogP) is 1.81. The molecular weight excluding hydrogens is 183 g/mol. The summed E-state index contributed by atoms with van der Waals surface area (Å²) in [4.78, 5) is 0. The highest BCUT2D eigenvalue weighted by Gasteiger charge is 2.25. The smallest absolute Gasteiger partial charge is 0.384 e. The second-order valence-corrected chi connectivity index (χ2v) is 3.14. The van der Waals surface area contributed by atoms with E-state index >= 15 is 0 Å². The summed E-state index contributed by atoms with van der Waals surface area (Å²) in [6, 6.07) is 0. The molecule has 5 heteroatoms. The Morgan fingerprint density at radius 3 is 2.46 bits per heavy atom. The Labute approximate surface area is 76.5 Å². The molecule has 0 aliphatic carbocycles. The first-order valence-electron chi connectivity index (χ1n) is 4.22. The zero-order valence-electron chi connectivity index (χ0n) is 7.95. The molecule has 0 aromatic heterocycles. The van der Waals surface area contributed by atoms with Gasteiger partial charge in [0.15, 0.2) is 0 Å². The van der Waals surface area contributed by atoms with Crippen molar-refractivity contribution in [2.75, 3.05) is 26.8 Å². The van der Waals surface area contributed by atoms with Crippen LogP contribution in [0.4, 0.5) is 13.2 Å². The Balaban J connectivity index is 3.25. The Bertz CT molecular complexity index is 127. The Morgan fingerprint density at radius 2 is 2.00 bits per heavy atom. The van der Waals surface area contributed by atoms with Crippen LogP contribution in [0.1, 0.15) is 13.3 Å². The second kappa shape index (κ2) is 6.21. The first-order chi connectivity index (χ1) is 5.95. The lowest BCUT2D eigenvalue weighted by Gasteiger charge is -2.11. The largest absolute Gasteiger partial charge is 0.401 e. The van der Waals surface area contributed by atoms with Crippen molar-refractivity contribution < 1.29 is 17.9 Å². The number of hydrogen-bond acceptors (Lipinski definition) is 2. The van der Waals surface area contributed by atoms with Gasteiger partial charge in [0.05, 0.1) is 6.54 Å². The molecule has 0 bridgehead atoms. The summed E-state index contributed by atoms with van der Waals surface area (Å²) in [5.74, 6) is 0.297. The number of methoxy groups -OCH3 is 1. The maximum absolute atomic E-state index is 11.6. The zero-order valence-corrected chi connectivity index (χ0v) is 7.95. The number of nitrogens with one attached hydrogen (secondary N) is 1. The van der Waals surface area contributed by atoms with Gasteiger partial charge >= 0.3 is 6.18 Å². The van der Waals surface area contributed by atoms with Gasteiger partial charge in [-0.2, -0.15) is 13.2 Å². The summed E-state index contributed by atoms with van der Waals surface area (Å²) in [5.41, 5.74) is 0. The van der Waals surface area contributed by atoms with Gasteiger partial charge < -0.3 is 10.1 Å². The average Bonchev–Trinajstić information content (AvgIpc) is 1.97. The molecule has 0 amide bonds. The number of ether oxygens (including phenoxy) is 1. The Morgan fingerprint density at radius 1 is 1.38 bits per heavy atom. The first-order valence-corrected chi connectivity index (χ1v) is 4.22. The lowest BCUT2D eigenvalue weighted by Crippen LogP contribution is -2.30. The molecule has 0 aromatic rings. The van der Waals surface area contributed by atoms with Gasteiger partial charge in [-0.3, -0.25) is 0 Å². The van der Waals surface area contributed by atoms with E-state index < -0.39 is 12.7 Å². The Hall–Kier alpha value is -0.290. The maximum Gasteiger partial charge on any atom is 0.401 e.